The van der Waals surface area contributed by atoms with Gasteiger partial charge in [-0.1, -0.05) is 0 Å². The van der Waals surface area contributed by atoms with Crippen molar-refractivity contribution in [3.8, 4) is 0 Å². The molecule has 1 N–H and O–H groups in total. The fraction of sp³-hybridized carbons (Fsp3) is 0.833. The topological polar surface area (TPSA) is 90.3 Å². The Balaban J connectivity index is 2.09. The largest absolute Gasteiger partial charge is 0.364 e. The van der Waals surface area contributed by atoms with Crippen molar-refractivity contribution >= 4 is 21.6 Å². The van der Waals surface area contributed by atoms with Crippen molar-refractivity contribution in [1.29, 1.82) is 0 Å². The fourth-order valence-corrected chi connectivity index (χ4v) is 3.64. The lowest BCUT2D eigenvalue weighted by Crippen LogP contribution is -2.54. The summed E-state index contributed by atoms with van der Waals surface area (Å²) in [6.07, 6.45) is -2.00. The van der Waals surface area contributed by atoms with Gasteiger partial charge in [0.25, 0.3) is 6.43 Å². The molecule has 10 heteroatoms. The van der Waals surface area contributed by atoms with Gasteiger partial charge in [-0.15, -0.1) is 0 Å². The number of piperidine rings is 1. The van der Waals surface area contributed by atoms with Gasteiger partial charge in [0.15, 0.2) is 0 Å². The summed E-state index contributed by atoms with van der Waals surface area (Å²) in [5.74, 6) is -1.31. The Hall–Kier alpha value is -1.13. The highest BCUT2D eigenvalue weighted by Gasteiger charge is 2.52. The molecule has 0 radical (unpaired) electrons. The number of hydrogen-bond acceptors (Lipinski definition) is 5. The van der Waals surface area contributed by atoms with Crippen LogP contribution in [0.1, 0.15) is 26.2 Å². The van der Waals surface area contributed by atoms with E-state index in [-0.39, 0.29) is 31.6 Å². The fourth-order valence-electron chi connectivity index (χ4n) is 2.76. The van der Waals surface area contributed by atoms with Crippen LogP contribution in [0.2, 0.25) is 0 Å². The number of carbonyl (C=O) groups is 1. The Kier molecular flexibility index (Phi) is 4.56. The quantitative estimate of drug-likeness (QED) is 0.796. The molecule has 126 valence electrons. The lowest BCUT2D eigenvalue weighted by Gasteiger charge is -2.35. The van der Waals surface area contributed by atoms with E-state index in [2.05, 4.69) is 5.10 Å². The van der Waals surface area contributed by atoms with Crippen LogP contribution in [0.4, 0.5) is 8.78 Å². The molecule has 0 aromatic heterocycles. The molecule has 0 aromatic rings. The van der Waals surface area contributed by atoms with E-state index in [1.54, 1.807) is 0 Å². The van der Waals surface area contributed by atoms with Crippen molar-refractivity contribution in [2.24, 2.45) is 11.0 Å². The molecule has 0 aliphatic carbocycles. The van der Waals surface area contributed by atoms with Crippen molar-refractivity contribution in [3.05, 3.63) is 0 Å². The van der Waals surface area contributed by atoms with Gasteiger partial charge in [0.1, 0.15) is 0 Å². The first-order valence-corrected chi connectivity index (χ1v) is 8.74. The lowest BCUT2D eigenvalue weighted by molar-refractivity contribution is -0.195. The summed E-state index contributed by atoms with van der Waals surface area (Å²) in [6, 6.07) is 0. The first kappa shape index (κ1) is 17.2. The lowest BCUT2D eigenvalue weighted by atomic mass is 9.96. The average molecular weight is 339 g/mol. The van der Waals surface area contributed by atoms with Gasteiger partial charge in [0.2, 0.25) is 21.7 Å². The maximum atomic E-state index is 13.1. The Morgan fingerprint density at radius 3 is 2.41 bits per heavy atom. The maximum absolute atomic E-state index is 13.1. The molecule has 1 amide bonds. The summed E-state index contributed by atoms with van der Waals surface area (Å²) in [5, 5.41) is 14.2. The maximum Gasteiger partial charge on any atom is 0.287 e. The summed E-state index contributed by atoms with van der Waals surface area (Å²) < 4.78 is 50.3. The second-order valence-corrected chi connectivity index (χ2v) is 7.76. The second kappa shape index (κ2) is 5.82. The first-order valence-electron chi connectivity index (χ1n) is 6.89. The highest BCUT2D eigenvalue weighted by molar-refractivity contribution is 7.88. The normalized spacial score (nSPS) is 28.3. The van der Waals surface area contributed by atoms with Crippen LogP contribution in [0.15, 0.2) is 5.10 Å². The minimum absolute atomic E-state index is 0.152. The van der Waals surface area contributed by atoms with E-state index < -0.39 is 40.4 Å². The zero-order valence-electron chi connectivity index (χ0n) is 12.4. The Labute approximate surface area is 127 Å². The molecule has 2 aliphatic heterocycles. The van der Waals surface area contributed by atoms with Gasteiger partial charge in [-0.25, -0.2) is 21.5 Å². The summed E-state index contributed by atoms with van der Waals surface area (Å²) in [7, 11) is -3.33. The van der Waals surface area contributed by atoms with E-state index in [9.17, 15) is 27.1 Å². The number of rotatable bonds is 3. The number of hydrogen-bond donors (Lipinski definition) is 1. The predicted octanol–water partition coefficient (Wildman–Crippen LogP) is 0.220. The van der Waals surface area contributed by atoms with E-state index in [1.165, 1.54) is 11.2 Å². The van der Waals surface area contributed by atoms with Crippen LogP contribution in [0.25, 0.3) is 0 Å². The van der Waals surface area contributed by atoms with Gasteiger partial charge in [-0.3, -0.25) is 4.79 Å². The molecule has 1 atom stereocenters. The van der Waals surface area contributed by atoms with Crippen LogP contribution in [0.5, 0.6) is 0 Å². The molecule has 22 heavy (non-hydrogen) atoms. The van der Waals surface area contributed by atoms with Crippen LogP contribution >= 0.6 is 0 Å². The molecule has 2 aliphatic rings. The van der Waals surface area contributed by atoms with E-state index in [0.29, 0.717) is 5.01 Å². The van der Waals surface area contributed by atoms with E-state index in [1.807, 2.05) is 0 Å². The van der Waals surface area contributed by atoms with Crippen LogP contribution in [-0.2, 0) is 14.8 Å². The molecule has 0 saturated carbocycles. The molecule has 1 fully saturated rings. The van der Waals surface area contributed by atoms with E-state index in [4.69, 9.17) is 0 Å². The van der Waals surface area contributed by atoms with Crippen molar-refractivity contribution < 1.29 is 27.1 Å². The van der Waals surface area contributed by atoms with Gasteiger partial charge < -0.3 is 5.11 Å². The third-order valence-corrected chi connectivity index (χ3v) is 5.29. The monoisotopic (exact) mass is 339 g/mol. The van der Waals surface area contributed by atoms with Crippen LogP contribution in [0, 0.1) is 5.92 Å². The number of hydrazone groups is 1. The molecule has 0 bridgehead atoms. The number of carbonyl (C=O) groups excluding carboxylic acids is 1. The molecule has 1 unspecified atom stereocenters. The Morgan fingerprint density at radius 1 is 1.41 bits per heavy atom. The van der Waals surface area contributed by atoms with Crippen LogP contribution < -0.4 is 0 Å². The van der Waals surface area contributed by atoms with Crippen LogP contribution in [0.3, 0.4) is 0 Å². The summed E-state index contributed by atoms with van der Waals surface area (Å²) in [6.45, 7) is 1.77. The minimum atomic E-state index is -3.33. The number of halogens is 2. The third kappa shape index (κ3) is 3.13. The Morgan fingerprint density at radius 2 is 1.95 bits per heavy atom. The molecular formula is C12H19F2N3O4S. The van der Waals surface area contributed by atoms with Crippen molar-refractivity contribution in [3.63, 3.8) is 0 Å². The molecule has 0 aromatic carbocycles. The third-order valence-electron chi connectivity index (χ3n) is 3.98. The standard InChI is InChI=1S/C12H19F2N3O4S/c1-8-7-12(19,11(13)14)17(15-8)10(18)9-3-5-16(6-4-9)22(2,20)21/h9,11,19H,3-7H2,1-2H3. The van der Waals surface area contributed by atoms with Crippen molar-refractivity contribution in [2.45, 2.75) is 38.3 Å². The predicted molar refractivity (Wildman–Crippen MR) is 74.7 cm³/mol. The highest BCUT2D eigenvalue weighted by atomic mass is 32.2. The molecular weight excluding hydrogens is 320 g/mol. The van der Waals surface area contributed by atoms with Crippen LogP contribution in [-0.4, -0.2) is 66.0 Å². The molecule has 7 nitrogen and oxygen atoms in total. The molecule has 1 saturated heterocycles. The van der Waals surface area contributed by atoms with E-state index >= 15 is 0 Å². The van der Waals surface area contributed by atoms with Gasteiger partial charge in [0.05, 0.1) is 6.26 Å². The smallest absolute Gasteiger partial charge is 0.287 e. The zero-order chi connectivity index (χ0) is 16.7. The SMILES string of the molecule is CC1=NN(C(=O)C2CCN(S(C)(=O)=O)CC2)C(O)(C(F)F)C1. The summed E-state index contributed by atoms with van der Waals surface area (Å²) in [4.78, 5) is 12.4. The molecule has 2 heterocycles. The Bertz CT molecular complexity index is 587. The first-order chi connectivity index (χ1) is 10.1. The number of amides is 1. The number of alkyl halides is 2. The number of sulfonamides is 1. The average Bonchev–Trinajstić information content (AvgIpc) is 2.74. The van der Waals surface area contributed by atoms with Gasteiger partial charge in [-0.05, 0) is 19.8 Å². The minimum Gasteiger partial charge on any atom is -0.364 e. The van der Waals surface area contributed by atoms with E-state index in [0.717, 1.165) is 6.26 Å². The number of nitrogens with zero attached hydrogens (tertiary/aromatic N) is 3. The van der Waals surface area contributed by atoms with Gasteiger partial charge in [-0.2, -0.15) is 10.1 Å². The zero-order valence-corrected chi connectivity index (χ0v) is 13.2. The van der Waals surface area contributed by atoms with Crippen molar-refractivity contribution in [2.75, 3.05) is 19.3 Å². The second-order valence-electron chi connectivity index (χ2n) is 5.78. The van der Waals surface area contributed by atoms with Gasteiger partial charge >= 0.3 is 0 Å². The highest BCUT2D eigenvalue weighted by Crippen LogP contribution is 2.34. The van der Waals surface area contributed by atoms with Crippen molar-refractivity contribution in [1.82, 2.24) is 9.31 Å². The molecule has 2 rings (SSSR count). The van der Waals surface area contributed by atoms with Gasteiger partial charge in [0, 0.05) is 31.1 Å². The molecule has 0 spiro atoms. The summed E-state index contributed by atoms with van der Waals surface area (Å²) in [5.41, 5.74) is -2.35. The number of aliphatic hydroxyl groups is 1. The summed E-state index contributed by atoms with van der Waals surface area (Å²) >= 11 is 0.